The standard InChI is InChI=1S/C25H36N4O3/c1-24(2,3)21(23(31)26-16-25(32)13-14-25)27-22(30)20-18-11-7-8-12-19(18)29(28-20)15-17-9-5-4-6-10-17/h7-8,11-12,17,21,32H,4-6,9-10,13-16H2,1-3H3,(H,26,31)(H,27,30)/t21-/m1/s1. The van der Waals surface area contributed by atoms with Gasteiger partial charge in [0.05, 0.1) is 11.1 Å². The van der Waals surface area contributed by atoms with E-state index >= 15 is 0 Å². The summed E-state index contributed by atoms with van der Waals surface area (Å²) >= 11 is 0. The van der Waals surface area contributed by atoms with Gasteiger partial charge in [0.2, 0.25) is 5.91 Å². The van der Waals surface area contributed by atoms with Gasteiger partial charge in [-0.25, -0.2) is 0 Å². The third-order valence-corrected chi connectivity index (χ3v) is 6.85. The van der Waals surface area contributed by atoms with Gasteiger partial charge in [-0.2, -0.15) is 5.10 Å². The van der Waals surface area contributed by atoms with Crippen LogP contribution in [0.1, 0.15) is 76.2 Å². The summed E-state index contributed by atoms with van der Waals surface area (Å²) in [4.78, 5) is 26.2. The van der Waals surface area contributed by atoms with Gasteiger partial charge in [0.1, 0.15) is 6.04 Å². The molecule has 1 aromatic heterocycles. The summed E-state index contributed by atoms with van der Waals surface area (Å²) in [6, 6.07) is 7.07. The Balaban J connectivity index is 1.54. The molecule has 7 nitrogen and oxygen atoms in total. The van der Waals surface area contributed by atoms with Crippen molar-refractivity contribution in [2.24, 2.45) is 11.3 Å². The molecule has 7 heteroatoms. The summed E-state index contributed by atoms with van der Waals surface area (Å²) in [5, 5.41) is 21.3. The van der Waals surface area contributed by atoms with Crippen molar-refractivity contribution < 1.29 is 14.7 Å². The molecule has 174 valence electrons. The third kappa shape index (κ3) is 5.14. The number of nitrogens with one attached hydrogen (secondary N) is 2. The first-order valence-electron chi connectivity index (χ1n) is 11.9. The van der Waals surface area contributed by atoms with Crippen molar-refractivity contribution in [3.63, 3.8) is 0 Å². The van der Waals surface area contributed by atoms with E-state index in [9.17, 15) is 14.7 Å². The number of aromatic nitrogens is 2. The fourth-order valence-electron chi connectivity index (χ4n) is 4.60. The van der Waals surface area contributed by atoms with Crippen LogP contribution in [0.25, 0.3) is 10.9 Å². The lowest BCUT2D eigenvalue weighted by Gasteiger charge is -2.30. The zero-order valence-corrected chi connectivity index (χ0v) is 19.5. The second-order valence-electron chi connectivity index (χ2n) is 10.8. The van der Waals surface area contributed by atoms with Crippen LogP contribution in [0.5, 0.6) is 0 Å². The first-order valence-corrected chi connectivity index (χ1v) is 11.9. The number of aliphatic hydroxyl groups is 1. The zero-order chi connectivity index (χ0) is 22.9. The van der Waals surface area contributed by atoms with Gasteiger partial charge in [-0.3, -0.25) is 14.3 Å². The van der Waals surface area contributed by atoms with Crippen LogP contribution in [0.15, 0.2) is 24.3 Å². The quantitative estimate of drug-likeness (QED) is 0.615. The Kier molecular flexibility index (Phi) is 6.30. The fourth-order valence-corrected chi connectivity index (χ4v) is 4.60. The Bertz CT molecular complexity index is 981. The molecule has 1 atom stereocenters. The molecule has 0 aliphatic heterocycles. The lowest BCUT2D eigenvalue weighted by molar-refractivity contribution is -0.126. The maximum Gasteiger partial charge on any atom is 0.273 e. The van der Waals surface area contributed by atoms with Crippen LogP contribution in [-0.4, -0.2) is 44.9 Å². The van der Waals surface area contributed by atoms with Gasteiger partial charge in [-0.15, -0.1) is 0 Å². The van der Waals surface area contributed by atoms with E-state index in [0.717, 1.165) is 17.4 Å². The van der Waals surface area contributed by atoms with E-state index in [1.54, 1.807) is 0 Å². The average Bonchev–Trinajstić information content (AvgIpc) is 3.39. The molecule has 1 heterocycles. The number of hydrogen-bond acceptors (Lipinski definition) is 4. The number of fused-ring (bicyclic) bond motifs is 1. The summed E-state index contributed by atoms with van der Waals surface area (Å²) in [7, 11) is 0. The van der Waals surface area contributed by atoms with Gasteiger partial charge in [0, 0.05) is 18.5 Å². The lowest BCUT2D eigenvalue weighted by atomic mass is 9.86. The van der Waals surface area contributed by atoms with Crippen molar-refractivity contribution in [3.8, 4) is 0 Å². The molecule has 0 unspecified atom stereocenters. The van der Waals surface area contributed by atoms with Gasteiger partial charge in [-0.05, 0) is 43.1 Å². The lowest BCUT2D eigenvalue weighted by Crippen LogP contribution is -2.54. The molecule has 0 radical (unpaired) electrons. The summed E-state index contributed by atoms with van der Waals surface area (Å²) in [5.41, 5.74) is 0.0398. The highest BCUT2D eigenvalue weighted by atomic mass is 16.3. The van der Waals surface area contributed by atoms with Crippen molar-refractivity contribution in [2.45, 2.75) is 83.9 Å². The van der Waals surface area contributed by atoms with E-state index in [1.165, 1.54) is 32.1 Å². The Morgan fingerprint density at radius 1 is 1.19 bits per heavy atom. The smallest absolute Gasteiger partial charge is 0.273 e. The summed E-state index contributed by atoms with van der Waals surface area (Å²) in [6.07, 6.45) is 7.62. The number of carbonyl (C=O) groups is 2. The molecule has 2 saturated carbocycles. The van der Waals surface area contributed by atoms with Gasteiger partial charge in [0.15, 0.2) is 5.69 Å². The van der Waals surface area contributed by atoms with Crippen molar-refractivity contribution in [1.29, 1.82) is 0 Å². The third-order valence-electron chi connectivity index (χ3n) is 6.85. The molecular weight excluding hydrogens is 404 g/mol. The van der Waals surface area contributed by atoms with Crippen LogP contribution in [0.2, 0.25) is 0 Å². The molecule has 2 aliphatic carbocycles. The number of para-hydroxylation sites is 1. The summed E-state index contributed by atoms with van der Waals surface area (Å²) in [6.45, 7) is 6.79. The maximum absolute atomic E-state index is 13.3. The normalized spacial score (nSPS) is 19.5. The SMILES string of the molecule is CC(C)(C)[C@H](NC(=O)c1nn(CC2CCCCC2)c2ccccc12)C(=O)NCC1(O)CC1. The Morgan fingerprint density at radius 3 is 2.53 bits per heavy atom. The van der Waals surface area contributed by atoms with Crippen molar-refractivity contribution in [3.05, 3.63) is 30.0 Å². The van der Waals surface area contributed by atoms with E-state index in [2.05, 4.69) is 10.6 Å². The topological polar surface area (TPSA) is 96.2 Å². The van der Waals surface area contributed by atoms with Crippen molar-refractivity contribution in [2.75, 3.05) is 6.54 Å². The van der Waals surface area contributed by atoms with E-state index in [4.69, 9.17) is 5.10 Å². The summed E-state index contributed by atoms with van der Waals surface area (Å²) < 4.78 is 1.97. The summed E-state index contributed by atoms with van der Waals surface area (Å²) in [5.74, 6) is -0.0368. The highest BCUT2D eigenvalue weighted by Crippen LogP contribution is 2.34. The molecule has 3 N–H and O–H groups in total. The molecule has 0 spiro atoms. The van der Waals surface area contributed by atoms with E-state index in [1.807, 2.05) is 49.7 Å². The minimum Gasteiger partial charge on any atom is -0.388 e. The monoisotopic (exact) mass is 440 g/mol. The number of amides is 2. The van der Waals surface area contributed by atoms with Gasteiger partial charge >= 0.3 is 0 Å². The molecule has 2 aromatic rings. The second-order valence-corrected chi connectivity index (χ2v) is 10.8. The number of carbonyl (C=O) groups excluding carboxylic acids is 2. The Hall–Kier alpha value is -2.41. The van der Waals surface area contributed by atoms with Crippen LogP contribution < -0.4 is 10.6 Å². The zero-order valence-electron chi connectivity index (χ0n) is 19.5. The van der Waals surface area contributed by atoms with Crippen LogP contribution in [0.3, 0.4) is 0 Å². The largest absolute Gasteiger partial charge is 0.388 e. The molecule has 32 heavy (non-hydrogen) atoms. The molecule has 4 rings (SSSR count). The predicted molar refractivity (Wildman–Crippen MR) is 124 cm³/mol. The fraction of sp³-hybridized carbons (Fsp3) is 0.640. The molecule has 0 bridgehead atoms. The van der Waals surface area contributed by atoms with E-state index in [-0.39, 0.29) is 18.4 Å². The molecule has 0 saturated heterocycles. The van der Waals surface area contributed by atoms with Crippen LogP contribution in [-0.2, 0) is 11.3 Å². The van der Waals surface area contributed by atoms with E-state index in [0.29, 0.717) is 24.5 Å². The Morgan fingerprint density at radius 2 is 1.88 bits per heavy atom. The number of hydrogen-bond donors (Lipinski definition) is 3. The first kappa shape index (κ1) is 22.8. The number of benzene rings is 1. The molecule has 2 fully saturated rings. The second kappa shape index (κ2) is 8.85. The Labute approximate surface area is 189 Å². The predicted octanol–water partition coefficient (Wildman–Crippen LogP) is 3.40. The molecule has 2 amide bonds. The highest BCUT2D eigenvalue weighted by molar-refractivity contribution is 6.06. The van der Waals surface area contributed by atoms with E-state index < -0.39 is 17.1 Å². The van der Waals surface area contributed by atoms with Gasteiger partial charge < -0.3 is 15.7 Å². The minimum atomic E-state index is -0.782. The average molecular weight is 441 g/mol. The molecule has 2 aliphatic rings. The number of nitrogens with zero attached hydrogens (tertiary/aromatic N) is 2. The van der Waals surface area contributed by atoms with Crippen LogP contribution in [0, 0.1) is 11.3 Å². The van der Waals surface area contributed by atoms with Gasteiger partial charge in [-0.1, -0.05) is 58.2 Å². The van der Waals surface area contributed by atoms with Crippen LogP contribution in [0.4, 0.5) is 0 Å². The molecule has 1 aromatic carbocycles. The van der Waals surface area contributed by atoms with Gasteiger partial charge in [0.25, 0.3) is 5.91 Å². The highest BCUT2D eigenvalue weighted by Gasteiger charge is 2.42. The minimum absolute atomic E-state index is 0.216. The first-order chi connectivity index (χ1) is 15.2. The molecular formula is C25H36N4O3. The van der Waals surface area contributed by atoms with Crippen LogP contribution >= 0.6 is 0 Å². The maximum atomic E-state index is 13.3. The van der Waals surface area contributed by atoms with Crippen molar-refractivity contribution >= 4 is 22.7 Å². The van der Waals surface area contributed by atoms with Crippen molar-refractivity contribution in [1.82, 2.24) is 20.4 Å². The number of rotatable bonds is 7.